The van der Waals surface area contributed by atoms with Crippen LogP contribution in [-0.2, 0) is 14.8 Å². The number of nitrogens with zero attached hydrogens (tertiary/aromatic N) is 2. The predicted octanol–water partition coefficient (Wildman–Crippen LogP) is 2.42. The zero-order valence-electron chi connectivity index (χ0n) is 15.9. The summed E-state index contributed by atoms with van der Waals surface area (Å²) in [5.41, 5.74) is 1.65. The van der Waals surface area contributed by atoms with Gasteiger partial charge in [0.05, 0.1) is 16.4 Å². The van der Waals surface area contributed by atoms with E-state index in [0.717, 1.165) is 24.5 Å². The third-order valence-electron chi connectivity index (χ3n) is 4.63. The average Bonchev–Trinajstić information content (AvgIpc) is 3.20. The molecular formula is C19H22N4O5S. The molecule has 1 amide bonds. The number of sulfonamides is 1. The lowest BCUT2D eigenvalue weighted by Crippen LogP contribution is -2.33. The van der Waals surface area contributed by atoms with E-state index in [1.165, 1.54) is 12.1 Å². The summed E-state index contributed by atoms with van der Waals surface area (Å²) in [4.78, 5) is 24.5. The van der Waals surface area contributed by atoms with Crippen molar-refractivity contribution in [3.63, 3.8) is 0 Å². The summed E-state index contributed by atoms with van der Waals surface area (Å²) in [5.74, 6) is -0.539. The highest BCUT2D eigenvalue weighted by Gasteiger charge is 2.26. The van der Waals surface area contributed by atoms with E-state index in [1.54, 1.807) is 18.2 Å². The zero-order valence-corrected chi connectivity index (χ0v) is 16.7. The lowest BCUT2D eigenvalue weighted by atomic mass is 10.2. The number of nitro groups is 1. The maximum atomic E-state index is 12.5. The van der Waals surface area contributed by atoms with Crippen LogP contribution in [0.25, 0.3) is 0 Å². The van der Waals surface area contributed by atoms with Gasteiger partial charge in [0, 0.05) is 24.8 Å². The average molecular weight is 418 g/mol. The van der Waals surface area contributed by atoms with E-state index in [0.29, 0.717) is 24.5 Å². The van der Waals surface area contributed by atoms with Crippen molar-refractivity contribution in [2.24, 2.45) is 0 Å². The number of carbonyl (C=O) groups is 1. The van der Waals surface area contributed by atoms with Gasteiger partial charge in [0.1, 0.15) is 5.69 Å². The van der Waals surface area contributed by atoms with E-state index >= 15 is 0 Å². The molecule has 2 aromatic carbocycles. The summed E-state index contributed by atoms with van der Waals surface area (Å²) in [5, 5.41) is 14.1. The Balaban J connectivity index is 1.72. The van der Waals surface area contributed by atoms with Crippen LogP contribution in [0.15, 0.2) is 47.4 Å². The van der Waals surface area contributed by atoms with Gasteiger partial charge in [-0.2, -0.15) is 0 Å². The molecule has 154 valence electrons. The Hall–Kier alpha value is -2.98. The second kappa shape index (κ2) is 8.58. The highest BCUT2D eigenvalue weighted by molar-refractivity contribution is 7.89. The van der Waals surface area contributed by atoms with Gasteiger partial charge in [-0.15, -0.1) is 0 Å². The minimum atomic E-state index is -4.09. The third kappa shape index (κ3) is 5.09. The molecule has 29 heavy (non-hydrogen) atoms. The van der Waals surface area contributed by atoms with Crippen molar-refractivity contribution in [2.75, 3.05) is 29.9 Å². The third-order valence-corrected chi connectivity index (χ3v) is 6.02. The van der Waals surface area contributed by atoms with Crippen molar-refractivity contribution in [2.45, 2.75) is 24.7 Å². The van der Waals surface area contributed by atoms with E-state index in [-0.39, 0.29) is 10.6 Å². The van der Waals surface area contributed by atoms with E-state index < -0.39 is 27.4 Å². The number of amides is 1. The first kappa shape index (κ1) is 20.7. The number of hydrogen-bond acceptors (Lipinski definition) is 6. The maximum absolute atomic E-state index is 12.5. The number of rotatable bonds is 7. The number of carbonyl (C=O) groups excluding carboxylic acids is 1. The van der Waals surface area contributed by atoms with Gasteiger partial charge in [-0.05, 0) is 49.6 Å². The molecule has 1 saturated heterocycles. The molecule has 0 radical (unpaired) electrons. The number of anilines is 2. The summed E-state index contributed by atoms with van der Waals surface area (Å²) in [6.45, 7) is 2.78. The molecule has 0 unspecified atom stereocenters. The van der Waals surface area contributed by atoms with Crippen molar-refractivity contribution in [3.8, 4) is 0 Å². The molecule has 9 nitrogen and oxygen atoms in total. The summed E-state index contributed by atoms with van der Waals surface area (Å²) in [6.07, 6.45) is 1.88. The molecule has 0 saturated carbocycles. The quantitative estimate of drug-likeness (QED) is 0.526. The van der Waals surface area contributed by atoms with Gasteiger partial charge in [-0.1, -0.05) is 12.1 Å². The Bertz CT molecular complexity index is 1030. The van der Waals surface area contributed by atoms with Crippen LogP contribution in [-0.4, -0.2) is 38.9 Å². The standard InChI is InChI=1S/C19H22N4O5S/c1-14-5-4-6-15(11-14)21-19(24)13-20-29(27,28)16-7-8-17(18(12-16)23(25)26)22-9-2-3-10-22/h4-8,11-12,20H,2-3,9-10,13H2,1H3,(H,21,24). The van der Waals surface area contributed by atoms with E-state index in [2.05, 4.69) is 10.0 Å². The number of benzene rings is 2. The van der Waals surface area contributed by atoms with Crippen LogP contribution in [0.1, 0.15) is 18.4 Å². The summed E-state index contributed by atoms with van der Waals surface area (Å²) < 4.78 is 27.2. The smallest absolute Gasteiger partial charge is 0.293 e. The molecule has 1 fully saturated rings. The largest absolute Gasteiger partial charge is 0.366 e. The lowest BCUT2D eigenvalue weighted by Gasteiger charge is -2.18. The first-order chi connectivity index (χ1) is 13.8. The molecule has 1 aliphatic heterocycles. The van der Waals surface area contributed by atoms with E-state index in [4.69, 9.17) is 0 Å². The van der Waals surface area contributed by atoms with E-state index in [9.17, 15) is 23.3 Å². The summed E-state index contributed by atoms with van der Waals surface area (Å²) in [6, 6.07) is 10.9. The highest BCUT2D eigenvalue weighted by atomic mass is 32.2. The first-order valence-electron chi connectivity index (χ1n) is 9.16. The molecule has 0 spiro atoms. The van der Waals surface area contributed by atoms with Gasteiger partial charge < -0.3 is 10.2 Å². The second-order valence-electron chi connectivity index (χ2n) is 6.84. The van der Waals surface area contributed by atoms with Crippen molar-refractivity contribution >= 4 is 33.0 Å². The zero-order chi connectivity index (χ0) is 21.0. The van der Waals surface area contributed by atoms with Gasteiger partial charge >= 0.3 is 0 Å². The molecule has 0 aromatic heterocycles. The number of nitro benzene ring substituents is 1. The topological polar surface area (TPSA) is 122 Å². The number of hydrogen-bond donors (Lipinski definition) is 2. The Morgan fingerprint density at radius 2 is 1.90 bits per heavy atom. The van der Waals surface area contributed by atoms with Crippen LogP contribution in [0.4, 0.5) is 17.1 Å². The fourth-order valence-electron chi connectivity index (χ4n) is 3.21. The van der Waals surface area contributed by atoms with E-state index in [1.807, 2.05) is 17.9 Å². The Kier molecular flexibility index (Phi) is 6.14. The van der Waals surface area contributed by atoms with Crippen LogP contribution < -0.4 is 14.9 Å². The SMILES string of the molecule is Cc1cccc(NC(=O)CNS(=O)(=O)c2ccc(N3CCCC3)c([N+](=O)[O-])c2)c1. The van der Waals surface area contributed by atoms with Crippen LogP contribution in [0.2, 0.25) is 0 Å². The fraction of sp³-hybridized carbons (Fsp3) is 0.316. The highest BCUT2D eigenvalue weighted by Crippen LogP contribution is 2.32. The molecule has 1 aliphatic rings. The number of aryl methyl sites for hydroxylation is 1. The van der Waals surface area contributed by atoms with Crippen LogP contribution in [0.3, 0.4) is 0 Å². The maximum Gasteiger partial charge on any atom is 0.293 e. The van der Waals surface area contributed by atoms with Crippen LogP contribution in [0.5, 0.6) is 0 Å². The molecule has 3 rings (SSSR count). The molecule has 0 atom stereocenters. The predicted molar refractivity (Wildman–Crippen MR) is 110 cm³/mol. The lowest BCUT2D eigenvalue weighted by molar-refractivity contribution is -0.384. The second-order valence-corrected chi connectivity index (χ2v) is 8.61. The first-order valence-corrected chi connectivity index (χ1v) is 10.6. The normalized spacial score (nSPS) is 14.0. The molecule has 10 heteroatoms. The number of nitrogens with one attached hydrogen (secondary N) is 2. The molecule has 1 heterocycles. The van der Waals surface area contributed by atoms with Crippen molar-refractivity contribution in [3.05, 3.63) is 58.1 Å². The minimum absolute atomic E-state index is 0.254. The summed E-state index contributed by atoms with van der Waals surface area (Å²) >= 11 is 0. The molecule has 2 aromatic rings. The molecular weight excluding hydrogens is 396 g/mol. The Morgan fingerprint density at radius 3 is 2.55 bits per heavy atom. The van der Waals surface area contributed by atoms with Gasteiger partial charge in [0.25, 0.3) is 5.69 Å². The minimum Gasteiger partial charge on any atom is -0.366 e. The van der Waals surface area contributed by atoms with Crippen LogP contribution in [0, 0.1) is 17.0 Å². The fourth-order valence-corrected chi connectivity index (χ4v) is 4.22. The Labute approximate surface area is 168 Å². The summed E-state index contributed by atoms with van der Waals surface area (Å²) in [7, 11) is -4.09. The molecule has 2 N–H and O–H groups in total. The Morgan fingerprint density at radius 1 is 1.17 bits per heavy atom. The van der Waals surface area contributed by atoms with Crippen molar-refractivity contribution in [1.29, 1.82) is 0 Å². The molecule has 0 bridgehead atoms. The van der Waals surface area contributed by atoms with Gasteiger partial charge in [-0.3, -0.25) is 14.9 Å². The van der Waals surface area contributed by atoms with Crippen molar-refractivity contribution in [1.82, 2.24) is 4.72 Å². The van der Waals surface area contributed by atoms with Gasteiger partial charge in [-0.25, -0.2) is 13.1 Å². The van der Waals surface area contributed by atoms with Gasteiger partial charge in [0.2, 0.25) is 15.9 Å². The monoisotopic (exact) mass is 418 g/mol. The van der Waals surface area contributed by atoms with Crippen LogP contribution >= 0.6 is 0 Å². The van der Waals surface area contributed by atoms with Crippen molar-refractivity contribution < 1.29 is 18.1 Å². The van der Waals surface area contributed by atoms with Gasteiger partial charge in [0.15, 0.2) is 0 Å². The molecule has 0 aliphatic carbocycles.